The van der Waals surface area contributed by atoms with E-state index in [1.807, 2.05) is 0 Å². The zero-order chi connectivity index (χ0) is 16.8. The van der Waals surface area contributed by atoms with Crippen LogP contribution in [-0.2, 0) is 0 Å². The summed E-state index contributed by atoms with van der Waals surface area (Å²) in [6.45, 7) is 9.41. The highest BCUT2D eigenvalue weighted by atomic mass is 15.4. The first-order chi connectivity index (χ1) is 11.6. The second-order valence-corrected chi connectivity index (χ2v) is 8.15. The Balaban J connectivity index is 1.90. The first kappa shape index (κ1) is 15.8. The molecule has 0 amide bonds. The predicted octanol–water partition coefficient (Wildman–Crippen LogP) is 5.80. The molecule has 0 unspecified atom stereocenters. The minimum Gasteiger partial charge on any atom is -0.347 e. The Morgan fingerprint density at radius 2 is 1.25 bits per heavy atom. The van der Waals surface area contributed by atoms with Crippen LogP contribution in [-0.4, -0.2) is 18.2 Å². The topological polar surface area (TPSA) is 6.48 Å². The van der Waals surface area contributed by atoms with Crippen LogP contribution < -0.4 is 9.80 Å². The number of hydrogen-bond donors (Lipinski definition) is 0. The molecule has 1 saturated carbocycles. The molecule has 2 aromatic rings. The Labute approximate surface area is 146 Å². The maximum absolute atomic E-state index is 2.71. The van der Waals surface area contributed by atoms with Gasteiger partial charge in [-0.1, -0.05) is 37.1 Å². The summed E-state index contributed by atoms with van der Waals surface area (Å²) in [7, 11) is 0. The van der Waals surface area contributed by atoms with Gasteiger partial charge >= 0.3 is 0 Å². The number of benzene rings is 2. The van der Waals surface area contributed by atoms with Gasteiger partial charge in [0.2, 0.25) is 0 Å². The Kier molecular flexibility index (Phi) is 3.94. The first-order valence-electron chi connectivity index (χ1n) is 9.67. The summed E-state index contributed by atoms with van der Waals surface area (Å²) < 4.78 is 0. The Hall–Kier alpha value is -1.70. The molecule has 4 rings (SSSR count). The van der Waals surface area contributed by atoms with Crippen LogP contribution in [0.4, 0.5) is 11.4 Å². The van der Waals surface area contributed by atoms with Crippen molar-refractivity contribution in [1.29, 1.82) is 0 Å². The zero-order valence-corrected chi connectivity index (χ0v) is 15.5. The third-order valence-corrected chi connectivity index (χ3v) is 5.90. The molecule has 2 aliphatic rings. The molecule has 0 saturated heterocycles. The molecule has 0 spiro atoms. The predicted molar refractivity (Wildman–Crippen MR) is 105 cm³/mol. The molecule has 2 nitrogen and oxygen atoms in total. The highest BCUT2D eigenvalue weighted by Crippen LogP contribution is 2.48. The van der Waals surface area contributed by atoms with Crippen LogP contribution in [0.25, 0.3) is 10.8 Å². The van der Waals surface area contributed by atoms with Gasteiger partial charge in [-0.2, -0.15) is 0 Å². The number of nitrogens with zero attached hydrogens (tertiary/aromatic N) is 2. The molecule has 0 aromatic heterocycles. The molecule has 1 aliphatic heterocycles. The average molecular weight is 322 g/mol. The van der Waals surface area contributed by atoms with Crippen molar-refractivity contribution in [2.24, 2.45) is 5.92 Å². The van der Waals surface area contributed by atoms with E-state index in [0.717, 1.165) is 5.92 Å². The summed E-state index contributed by atoms with van der Waals surface area (Å²) in [6, 6.07) is 14.7. The minimum absolute atomic E-state index is 0.527. The smallest absolute Gasteiger partial charge is 0.105 e. The maximum atomic E-state index is 2.71. The lowest BCUT2D eigenvalue weighted by Crippen LogP contribution is -2.52. The normalized spacial score (nSPS) is 19.2. The van der Waals surface area contributed by atoms with E-state index in [0.29, 0.717) is 18.2 Å². The van der Waals surface area contributed by atoms with E-state index in [-0.39, 0.29) is 0 Å². The third kappa shape index (κ3) is 2.39. The summed E-state index contributed by atoms with van der Waals surface area (Å²) in [6.07, 6.45) is 6.09. The van der Waals surface area contributed by atoms with E-state index in [2.05, 4.69) is 73.9 Å². The number of hydrogen-bond acceptors (Lipinski definition) is 2. The quantitative estimate of drug-likeness (QED) is 0.704. The van der Waals surface area contributed by atoms with Gasteiger partial charge in [-0.15, -0.1) is 0 Å². The lowest BCUT2D eigenvalue weighted by Gasteiger charge is -2.41. The number of fused-ring (bicyclic) bond motifs is 2. The van der Waals surface area contributed by atoms with Gasteiger partial charge in [-0.3, -0.25) is 0 Å². The van der Waals surface area contributed by atoms with Crippen molar-refractivity contribution < 1.29 is 0 Å². The molecule has 1 heterocycles. The van der Waals surface area contributed by atoms with Crippen LogP contribution in [0, 0.1) is 5.92 Å². The monoisotopic (exact) mass is 322 g/mol. The van der Waals surface area contributed by atoms with E-state index in [4.69, 9.17) is 0 Å². The maximum Gasteiger partial charge on any atom is 0.105 e. The SMILES string of the molecule is CC(C)N1c2cc3ccccc3cc2N(C(C)C)C1C1CCCC1. The van der Waals surface area contributed by atoms with E-state index >= 15 is 0 Å². The molecular weight excluding hydrogens is 292 g/mol. The van der Waals surface area contributed by atoms with Crippen LogP contribution in [0.5, 0.6) is 0 Å². The van der Waals surface area contributed by atoms with Gasteiger partial charge in [0.05, 0.1) is 11.4 Å². The van der Waals surface area contributed by atoms with Crippen molar-refractivity contribution in [3.8, 4) is 0 Å². The molecule has 0 radical (unpaired) electrons. The Bertz CT molecular complexity index is 673. The van der Waals surface area contributed by atoms with Crippen LogP contribution in [0.15, 0.2) is 36.4 Å². The highest BCUT2D eigenvalue weighted by molar-refractivity contribution is 5.95. The standard InChI is InChI=1S/C22H30N2/c1-15(2)23-20-13-18-11-7-8-12-19(18)14-21(20)24(16(3)4)22(23)17-9-5-6-10-17/h7-8,11-17,22H,5-6,9-10H2,1-4H3. The molecule has 0 bridgehead atoms. The number of anilines is 2. The highest BCUT2D eigenvalue weighted by Gasteiger charge is 2.43. The van der Waals surface area contributed by atoms with Crippen molar-refractivity contribution in [2.75, 3.05) is 9.80 Å². The van der Waals surface area contributed by atoms with Crippen molar-refractivity contribution in [2.45, 2.75) is 71.6 Å². The molecule has 0 atom stereocenters. The van der Waals surface area contributed by atoms with Crippen molar-refractivity contribution >= 4 is 22.1 Å². The summed E-state index contributed by atoms with van der Waals surface area (Å²) in [5.41, 5.74) is 2.88. The van der Waals surface area contributed by atoms with Crippen LogP contribution in [0.3, 0.4) is 0 Å². The fraction of sp³-hybridized carbons (Fsp3) is 0.545. The summed E-state index contributed by atoms with van der Waals surface area (Å²) in [5.74, 6) is 0.797. The van der Waals surface area contributed by atoms with Gasteiger partial charge in [0.1, 0.15) is 6.17 Å². The molecule has 0 N–H and O–H groups in total. The van der Waals surface area contributed by atoms with Crippen LogP contribution in [0.1, 0.15) is 53.4 Å². The lowest BCUT2D eigenvalue weighted by molar-refractivity contribution is 0.371. The van der Waals surface area contributed by atoms with Gasteiger partial charge in [0, 0.05) is 12.1 Å². The van der Waals surface area contributed by atoms with Crippen molar-refractivity contribution in [1.82, 2.24) is 0 Å². The lowest BCUT2D eigenvalue weighted by atomic mass is 10.0. The van der Waals surface area contributed by atoms with E-state index in [1.54, 1.807) is 0 Å². The summed E-state index contributed by atoms with van der Waals surface area (Å²) >= 11 is 0. The van der Waals surface area contributed by atoms with Gasteiger partial charge in [-0.05, 0) is 69.4 Å². The molecule has 24 heavy (non-hydrogen) atoms. The minimum atomic E-state index is 0.527. The van der Waals surface area contributed by atoms with Crippen molar-refractivity contribution in [3.63, 3.8) is 0 Å². The van der Waals surface area contributed by atoms with Gasteiger partial charge < -0.3 is 9.80 Å². The Morgan fingerprint density at radius 3 is 1.67 bits per heavy atom. The second kappa shape index (κ2) is 5.98. The summed E-state index contributed by atoms with van der Waals surface area (Å²) in [4.78, 5) is 5.41. The first-order valence-corrected chi connectivity index (χ1v) is 9.67. The molecule has 2 aromatic carbocycles. The summed E-state index contributed by atoms with van der Waals surface area (Å²) in [5, 5.41) is 2.72. The van der Waals surface area contributed by atoms with E-state index in [1.165, 1.54) is 47.8 Å². The molecule has 1 aliphatic carbocycles. The van der Waals surface area contributed by atoms with E-state index in [9.17, 15) is 0 Å². The number of rotatable bonds is 3. The van der Waals surface area contributed by atoms with Crippen LogP contribution in [0.2, 0.25) is 0 Å². The van der Waals surface area contributed by atoms with Crippen molar-refractivity contribution in [3.05, 3.63) is 36.4 Å². The average Bonchev–Trinajstić information content (AvgIpc) is 3.17. The third-order valence-electron chi connectivity index (χ3n) is 5.90. The fourth-order valence-corrected chi connectivity index (χ4v) is 4.93. The van der Waals surface area contributed by atoms with Gasteiger partial charge in [0.15, 0.2) is 0 Å². The fourth-order valence-electron chi connectivity index (χ4n) is 4.93. The zero-order valence-electron chi connectivity index (χ0n) is 15.5. The molecule has 128 valence electrons. The van der Waals surface area contributed by atoms with Gasteiger partial charge in [0.25, 0.3) is 0 Å². The van der Waals surface area contributed by atoms with Gasteiger partial charge in [-0.25, -0.2) is 0 Å². The largest absolute Gasteiger partial charge is 0.347 e. The molecule has 2 heteroatoms. The van der Waals surface area contributed by atoms with E-state index < -0.39 is 0 Å². The molecular formula is C22H30N2. The Morgan fingerprint density at radius 1 is 0.792 bits per heavy atom. The molecule has 1 fully saturated rings. The van der Waals surface area contributed by atoms with Crippen LogP contribution >= 0.6 is 0 Å². The second-order valence-electron chi connectivity index (χ2n) is 8.15.